The van der Waals surface area contributed by atoms with Gasteiger partial charge in [-0.05, 0) is 75.8 Å². The number of amides is 2. The van der Waals surface area contributed by atoms with Crippen molar-refractivity contribution in [2.45, 2.75) is 91.0 Å². The summed E-state index contributed by atoms with van der Waals surface area (Å²) >= 11 is 0. The van der Waals surface area contributed by atoms with Gasteiger partial charge in [-0.15, -0.1) is 0 Å². The molecule has 1 aromatic carbocycles. The van der Waals surface area contributed by atoms with E-state index in [1.165, 1.54) is 12.5 Å². The number of carbonyl (C=O) groups is 3. The molecule has 1 saturated carbocycles. The summed E-state index contributed by atoms with van der Waals surface area (Å²) in [6, 6.07) is 8.60. The highest BCUT2D eigenvalue weighted by Crippen LogP contribution is 2.42. The van der Waals surface area contributed by atoms with Crippen LogP contribution in [-0.2, 0) is 36.9 Å². The van der Waals surface area contributed by atoms with Gasteiger partial charge < -0.3 is 28.6 Å². The van der Waals surface area contributed by atoms with Crippen LogP contribution in [0.3, 0.4) is 0 Å². The Labute approximate surface area is 291 Å². The highest BCUT2D eigenvalue weighted by Gasteiger charge is 2.46. The van der Waals surface area contributed by atoms with E-state index < -0.39 is 5.60 Å². The number of esters is 1. The summed E-state index contributed by atoms with van der Waals surface area (Å²) < 4.78 is 18.1. The van der Waals surface area contributed by atoms with Crippen molar-refractivity contribution in [1.29, 1.82) is 0 Å². The average molecular weight is 672 g/mol. The van der Waals surface area contributed by atoms with Gasteiger partial charge in [-0.25, -0.2) is 4.79 Å². The number of allylic oxidation sites excluding steroid dienone is 4. The summed E-state index contributed by atoms with van der Waals surface area (Å²) in [6.07, 6.45) is 12.4. The lowest BCUT2D eigenvalue weighted by molar-refractivity contribution is -0.142. The van der Waals surface area contributed by atoms with Crippen LogP contribution in [0.2, 0.25) is 0 Å². The highest BCUT2D eigenvalue weighted by atomic mass is 16.6. The van der Waals surface area contributed by atoms with Crippen LogP contribution in [0.1, 0.15) is 71.8 Å². The number of hydrogen-bond donors (Lipinski definition) is 0. The van der Waals surface area contributed by atoms with E-state index in [9.17, 15) is 14.4 Å². The molecule has 0 bridgehead atoms. The number of rotatable bonds is 11. The molecule has 9 heteroatoms. The van der Waals surface area contributed by atoms with E-state index in [1.807, 2.05) is 32.9 Å². The fourth-order valence-electron chi connectivity index (χ4n) is 7.28. The maximum absolute atomic E-state index is 14.9. The van der Waals surface area contributed by atoms with Crippen LogP contribution in [-0.4, -0.2) is 77.9 Å². The van der Waals surface area contributed by atoms with Crippen LogP contribution < -0.4 is 0 Å². The third-order valence-corrected chi connectivity index (χ3v) is 9.95. The van der Waals surface area contributed by atoms with E-state index in [2.05, 4.69) is 64.8 Å². The van der Waals surface area contributed by atoms with Gasteiger partial charge in [0.05, 0.1) is 19.4 Å². The number of aromatic nitrogens is 1. The molecular weight excluding hydrogens is 618 g/mol. The molecule has 2 aromatic rings. The molecule has 9 nitrogen and oxygen atoms in total. The third-order valence-electron chi connectivity index (χ3n) is 9.95. The minimum absolute atomic E-state index is 0.0228. The van der Waals surface area contributed by atoms with Crippen LogP contribution in [0.15, 0.2) is 54.3 Å². The van der Waals surface area contributed by atoms with Crippen molar-refractivity contribution in [3.05, 3.63) is 59.8 Å². The van der Waals surface area contributed by atoms with Crippen molar-refractivity contribution < 1.29 is 28.6 Å². The number of aryl methyl sites for hydroxylation is 1. The molecule has 2 aliphatic carbocycles. The number of likely N-dealkylation sites (tertiary alicyclic amines) is 1. The smallest absolute Gasteiger partial charge is 0.410 e. The minimum atomic E-state index is -0.627. The number of ether oxygens (including phenoxy) is 3. The van der Waals surface area contributed by atoms with Crippen molar-refractivity contribution in [3.8, 4) is 11.8 Å². The summed E-state index contributed by atoms with van der Waals surface area (Å²) in [7, 11) is 3.11. The molecule has 2 amide bonds. The van der Waals surface area contributed by atoms with Gasteiger partial charge in [0.2, 0.25) is 5.91 Å². The van der Waals surface area contributed by atoms with Gasteiger partial charge in [-0.3, -0.25) is 9.59 Å². The van der Waals surface area contributed by atoms with E-state index >= 15 is 0 Å². The lowest BCUT2D eigenvalue weighted by Crippen LogP contribution is -2.53. The predicted molar refractivity (Wildman–Crippen MR) is 190 cm³/mol. The van der Waals surface area contributed by atoms with Crippen molar-refractivity contribution in [1.82, 2.24) is 14.4 Å². The molecule has 264 valence electrons. The van der Waals surface area contributed by atoms with Gasteiger partial charge >= 0.3 is 12.1 Å². The monoisotopic (exact) mass is 671 g/mol. The summed E-state index contributed by atoms with van der Waals surface area (Å²) in [5.74, 6) is 6.08. The van der Waals surface area contributed by atoms with Gasteiger partial charge in [-0.2, -0.15) is 0 Å². The summed E-state index contributed by atoms with van der Waals surface area (Å²) in [5, 5.41) is 1.17. The van der Waals surface area contributed by atoms with E-state index in [4.69, 9.17) is 14.2 Å². The number of methoxy groups -OCH3 is 2. The van der Waals surface area contributed by atoms with Crippen LogP contribution in [0.4, 0.5) is 4.79 Å². The molecule has 0 radical (unpaired) electrons. The first kappa shape index (κ1) is 36.3. The second kappa shape index (κ2) is 16.1. The van der Waals surface area contributed by atoms with E-state index in [0.29, 0.717) is 39.1 Å². The van der Waals surface area contributed by atoms with Gasteiger partial charge in [-0.1, -0.05) is 55.2 Å². The van der Waals surface area contributed by atoms with Gasteiger partial charge in [0.15, 0.2) is 0 Å². The minimum Gasteiger partial charge on any atom is -0.469 e. The molecule has 2 heterocycles. The van der Waals surface area contributed by atoms with Crippen molar-refractivity contribution in [2.24, 2.45) is 23.7 Å². The fourth-order valence-corrected chi connectivity index (χ4v) is 7.28. The Morgan fingerprint density at radius 2 is 1.86 bits per heavy atom. The number of benzene rings is 1. The number of carbonyl (C=O) groups excluding carboxylic acids is 3. The van der Waals surface area contributed by atoms with E-state index in [1.54, 1.807) is 12.0 Å². The predicted octanol–water partition coefficient (Wildman–Crippen LogP) is 6.75. The zero-order valence-corrected chi connectivity index (χ0v) is 30.1. The molecule has 2 fully saturated rings. The lowest BCUT2D eigenvalue weighted by atomic mass is 9.68. The summed E-state index contributed by atoms with van der Waals surface area (Å²) in [4.78, 5) is 43.7. The molecule has 3 aliphatic rings. The third kappa shape index (κ3) is 9.16. The van der Waals surface area contributed by atoms with Crippen molar-refractivity contribution in [3.63, 3.8) is 0 Å². The van der Waals surface area contributed by atoms with Crippen molar-refractivity contribution >= 4 is 28.9 Å². The largest absolute Gasteiger partial charge is 0.469 e. The van der Waals surface area contributed by atoms with Crippen LogP contribution in [0.25, 0.3) is 10.9 Å². The second-order valence-corrected chi connectivity index (χ2v) is 14.6. The van der Waals surface area contributed by atoms with Gasteiger partial charge in [0, 0.05) is 75.0 Å². The highest BCUT2D eigenvalue weighted by molar-refractivity contribution is 5.86. The Morgan fingerprint density at radius 1 is 1.08 bits per heavy atom. The Hall–Kier alpha value is -4.03. The molecule has 4 atom stereocenters. The molecule has 1 aliphatic heterocycles. The van der Waals surface area contributed by atoms with E-state index in [-0.39, 0.29) is 54.1 Å². The maximum atomic E-state index is 14.9. The Bertz CT molecular complexity index is 1620. The number of hydrogen-bond acceptors (Lipinski definition) is 6. The van der Waals surface area contributed by atoms with Crippen LogP contribution >= 0.6 is 0 Å². The molecular formula is C40H53N3O6. The normalized spacial score (nSPS) is 22.2. The zero-order valence-electron chi connectivity index (χ0n) is 30.1. The summed E-state index contributed by atoms with van der Waals surface area (Å²) in [5.41, 5.74) is 2.68. The number of nitrogens with zero attached hydrogens (tertiary/aromatic N) is 3. The van der Waals surface area contributed by atoms with Gasteiger partial charge in [0.1, 0.15) is 5.60 Å². The Balaban J connectivity index is 1.42. The summed E-state index contributed by atoms with van der Waals surface area (Å²) in [6.45, 7) is 10.7. The molecule has 0 N–H and O–H groups in total. The lowest BCUT2D eigenvalue weighted by Gasteiger charge is -2.44. The maximum Gasteiger partial charge on any atom is 0.410 e. The Morgan fingerprint density at radius 3 is 2.57 bits per heavy atom. The number of para-hydroxylation sites is 1. The van der Waals surface area contributed by atoms with Crippen LogP contribution in [0.5, 0.6) is 0 Å². The topological polar surface area (TPSA) is 90.3 Å². The Kier molecular flexibility index (Phi) is 11.9. The van der Waals surface area contributed by atoms with Crippen molar-refractivity contribution in [2.75, 3.05) is 33.9 Å². The molecule has 49 heavy (non-hydrogen) atoms. The number of fused-ring (bicyclic) bond motifs is 1. The second-order valence-electron chi connectivity index (χ2n) is 14.6. The van der Waals surface area contributed by atoms with Gasteiger partial charge in [0.25, 0.3) is 0 Å². The quantitative estimate of drug-likeness (QED) is 0.149. The first-order chi connectivity index (χ1) is 23.5. The average Bonchev–Trinajstić information content (AvgIpc) is 3.87. The van der Waals surface area contributed by atoms with Crippen LogP contribution in [0, 0.1) is 35.5 Å². The molecule has 1 saturated heterocycles. The van der Waals surface area contributed by atoms with E-state index in [0.717, 1.165) is 42.5 Å². The molecule has 1 aromatic heterocycles. The molecule has 2 unspecified atom stereocenters. The standard InChI is InChI=1S/C40H53N3O6/c1-28-29(13-7-10-18-37(44)48-6)14-11-16-32(28)34-21-23-42(39(46)49-40(2,3)4)27-35(34)38(45)43(31-19-20-31)26-30-25-41(22-12-24-47-5)36-17-9-8-15-33(30)36/h8-9,11,14-17,25,28,31-32,34-35H,10,12,18-24,26-27H2,1-6H3/t28?,32?,34-,35+/m1/s1. The first-order valence-corrected chi connectivity index (χ1v) is 17.8. The molecule has 0 spiro atoms. The first-order valence-electron chi connectivity index (χ1n) is 17.8. The molecule has 5 rings (SSSR count). The fraction of sp³-hybridized carbons (Fsp3) is 0.575. The SMILES string of the molecule is COCCCn1cc(CN(C(=O)[C@H]2CN(C(=O)OC(C)(C)C)CC[C@@H]2C2C=CC=C(C#CCCC(=O)OC)C2C)C2CC2)c2ccccc21. The number of piperidine rings is 1. The zero-order chi connectivity index (χ0) is 35.1.